The zero-order valence-corrected chi connectivity index (χ0v) is 16.4. The third-order valence-electron chi connectivity index (χ3n) is 3.68. The van der Waals surface area contributed by atoms with E-state index in [2.05, 4.69) is 5.32 Å². The minimum absolute atomic E-state index is 0. The topological polar surface area (TPSA) is 88.7 Å². The maximum absolute atomic E-state index is 12.2. The summed E-state index contributed by atoms with van der Waals surface area (Å²) in [6, 6.07) is 6.67. The molecule has 8 heteroatoms. The fraction of sp³-hybridized carbons (Fsp3) is 0.278. The van der Waals surface area contributed by atoms with E-state index in [0.29, 0.717) is 12.3 Å². The minimum Gasteiger partial charge on any atom is -1.00 e. The summed E-state index contributed by atoms with van der Waals surface area (Å²) in [7, 11) is 2.86. The number of nitrogens with one attached hydrogen (secondary N) is 1. The highest BCUT2D eigenvalue weighted by molar-refractivity contribution is 6.01. The Morgan fingerprint density at radius 3 is 2.23 bits per heavy atom. The summed E-state index contributed by atoms with van der Waals surface area (Å²) in [6.45, 7) is 2.48. The molecule has 0 saturated heterocycles. The first kappa shape index (κ1) is 21.4. The molecular weight excluding hydrogens is 404 g/mol. The summed E-state index contributed by atoms with van der Waals surface area (Å²) in [4.78, 5) is 23.6. The lowest BCUT2D eigenvalue weighted by atomic mass is 10.1. The Morgan fingerprint density at radius 2 is 1.69 bits per heavy atom. The van der Waals surface area contributed by atoms with Gasteiger partial charge in [0.15, 0.2) is 30.4 Å². The summed E-state index contributed by atoms with van der Waals surface area (Å²) >= 11 is 0. The Labute approximate surface area is 162 Å². The van der Waals surface area contributed by atoms with E-state index in [0.717, 1.165) is 5.56 Å². The van der Waals surface area contributed by atoms with Crippen molar-refractivity contribution >= 4 is 17.6 Å². The van der Waals surface area contributed by atoms with Gasteiger partial charge in [-0.2, -0.15) is 0 Å². The fourth-order valence-corrected chi connectivity index (χ4v) is 2.28. The van der Waals surface area contributed by atoms with Crippen molar-refractivity contribution in [2.45, 2.75) is 19.9 Å². The first-order valence-electron chi connectivity index (χ1n) is 7.69. The van der Waals surface area contributed by atoms with Crippen LogP contribution < -0.4 is 36.3 Å². The molecule has 2 rings (SSSR count). The number of aromatic carboxylic acids is 1. The number of halogens is 1. The maximum atomic E-state index is 12.2. The Morgan fingerprint density at radius 1 is 1.12 bits per heavy atom. The van der Waals surface area contributed by atoms with Gasteiger partial charge in [-0.05, 0) is 12.5 Å². The molecule has 0 aliphatic rings. The number of carboxylic acids is 1. The number of aromatic nitrogens is 1. The standard InChI is InChI=1S/C18H20N2O5.BrH/c1-12-4-7-20(8-5-12)9-6-17(21)19-14-11-16(25-3)15(24-2)10-13(14)18(22)23;/h4-5,7-8,10-11H,6,9H2,1-3H3,(H-,19,21,22,23);1H. The van der Waals surface area contributed by atoms with Crippen LogP contribution in [0.4, 0.5) is 5.69 Å². The normalized spacial score (nSPS) is 9.81. The van der Waals surface area contributed by atoms with Gasteiger partial charge >= 0.3 is 5.97 Å². The molecule has 0 fully saturated rings. The van der Waals surface area contributed by atoms with Gasteiger partial charge in [-0.25, -0.2) is 9.36 Å². The average molecular weight is 425 g/mol. The molecule has 1 amide bonds. The van der Waals surface area contributed by atoms with Crippen LogP contribution >= 0.6 is 0 Å². The van der Waals surface area contributed by atoms with Gasteiger partial charge in [-0.1, -0.05) is 0 Å². The van der Waals surface area contributed by atoms with Gasteiger partial charge in [0.2, 0.25) is 5.91 Å². The molecule has 1 heterocycles. The molecule has 0 spiro atoms. The Kier molecular flexibility index (Phi) is 8.05. The lowest BCUT2D eigenvalue weighted by Gasteiger charge is -2.13. The highest BCUT2D eigenvalue weighted by Gasteiger charge is 2.18. The zero-order valence-electron chi connectivity index (χ0n) is 14.8. The van der Waals surface area contributed by atoms with Gasteiger partial charge in [-0.15, -0.1) is 0 Å². The Hall–Kier alpha value is -2.61. The summed E-state index contributed by atoms with van der Waals surface area (Å²) in [5, 5.41) is 12.0. The number of benzene rings is 1. The third kappa shape index (κ3) is 5.45. The van der Waals surface area contributed by atoms with E-state index in [1.54, 1.807) is 0 Å². The fourth-order valence-electron chi connectivity index (χ4n) is 2.28. The molecule has 0 atom stereocenters. The molecule has 0 unspecified atom stereocenters. The number of hydrogen-bond acceptors (Lipinski definition) is 4. The lowest BCUT2D eigenvalue weighted by molar-refractivity contribution is -0.695. The number of nitrogens with zero attached hydrogens (tertiary/aromatic N) is 1. The summed E-state index contributed by atoms with van der Waals surface area (Å²) < 4.78 is 12.1. The number of carboxylic acid groups (broad SMARTS) is 1. The zero-order chi connectivity index (χ0) is 18.4. The van der Waals surface area contributed by atoms with Crippen molar-refractivity contribution in [1.82, 2.24) is 0 Å². The number of carbonyl (C=O) groups excluding carboxylic acids is 1. The molecule has 2 N–H and O–H groups in total. The van der Waals surface area contributed by atoms with Gasteiger partial charge in [0.1, 0.15) is 0 Å². The van der Waals surface area contributed by atoms with E-state index in [-0.39, 0.29) is 46.3 Å². The Balaban J connectivity index is 0.00000338. The van der Waals surface area contributed by atoms with Gasteiger partial charge in [0.05, 0.1) is 31.9 Å². The SMILES string of the molecule is COc1cc(NC(=O)CC[n+]2ccc(C)cc2)c(C(=O)O)cc1OC.[Br-]. The molecule has 1 aromatic carbocycles. The van der Waals surface area contributed by atoms with Gasteiger partial charge in [-0.3, -0.25) is 4.79 Å². The van der Waals surface area contributed by atoms with Crippen LogP contribution in [0.25, 0.3) is 0 Å². The lowest BCUT2D eigenvalue weighted by Crippen LogP contribution is -3.00. The number of anilines is 1. The largest absolute Gasteiger partial charge is 1.00 e. The second-order valence-corrected chi connectivity index (χ2v) is 5.47. The number of pyridine rings is 1. The molecule has 2 aromatic rings. The first-order valence-corrected chi connectivity index (χ1v) is 7.69. The molecule has 7 nitrogen and oxygen atoms in total. The van der Waals surface area contributed by atoms with Crippen LogP contribution in [0.2, 0.25) is 0 Å². The predicted molar refractivity (Wildman–Crippen MR) is 91.1 cm³/mol. The molecule has 0 saturated carbocycles. The number of carbonyl (C=O) groups is 2. The Bertz CT molecular complexity index is 778. The van der Waals surface area contributed by atoms with Crippen molar-refractivity contribution in [2.75, 3.05) is 19.5 Å². The third-order valence-corrected chi connectivity index (χ3v) is 3.68. The van der Waals surface area contributed by atoms with Gasteiger partial charge in [0.25, 0.3) is 0 Å². The summed E-state index contributed by atoms with van der Waals surface area (Å²) in [6.07, 6.45) is 3.99. The highest BCUT2D eigenvalue weighted by Crippen LogP contribution is 2.33. The molecule has 0 bridgehead atoms. The van der Waals surface area contributed by atoms with E-state index < -0.39 is 5.97 Å². The molecule has 0 aliphatic heterocycles. The van der Waals surface area contributed by atoms with E-state index in [4.69, 9.17) is 9.47 Å². The van der Waals surface area contributed by atoms with Crippen LogP contribution in [0.15, 0.2) is 36.7 Å². The van der Waals surface area contributed by atoms with Crippen molar-refractivity contribution in [2.24, 2.45) is 0 Å². The number of rotatable bonds is 7. The number of aryl methyl sites for hydroxylation is 2. The van der Waals surface area contributed by atoms with Crippen LogP contribution in [0.5, 0.6) is 11.5 Å². The maximum Gasteiger partial charge on any atom is 0.337 e. The highest BCUT2D eigenvalue weighted by atomic mass is 79.9. The second kappa shape index (κ2) is 9.76. The van der Waals surface area contributed by atoms with Crippen LogP contribution in [0.1, 0.15) is 22.3 Å². The van der Waals surface area contributed by atoms with Gasteiger partial charge in [0, 0.05) is 24.3 Å². The number of methoxy groups -OCH3 is 2. The van der Waals surface area contributed by atoms with E-state index in [1.807, 2.05) is 36.0 Å². The van der Waals surface area contributed by atoms with Gasteiger partial charge < -0.3 is 36.9 Å². The van der Waals surface area contributed by atoms with Crippen LogP contribution in [-0.4, -0.2) is 31.2 Å². The van der Waals surface area contributed by atoms with Crippen molar-refractivity contribution < 1.29 is 45.7 Å². The van der Waals surface area contributed by atoms with Crippen LogP contribution in [0, 0.1) is 6.92 Å². The number of hydrogen-bond donors (Lipinski definition) is 2. The smallest absolute Gasteiger partial charge is 0.337 e. The van der Waals surface area contributed by atoms with Crippen molar-refractivity contribution in [3.63, 3.8) is 0 Å². The molecular formula is C18H21BrN2O5. The molecule has 0 aliphatic carbocycles. The average Bonchev–Trinajstić information content (AvgIpc) is 2.60. The van der Waals surface area contributed by atoms with Crippen molar-refractivity contribution in [3.05, 3.63) is 47.8 Å². The van der Waals surface area contributed by atoms with E-state index in [1.165, 1.54) is 26.4 Å². The molecule has 26 heavy (non-hydrogen) atoms. The number of ether oxygens (including phenoxy) is 2. The van der Waals surface area contributed by atoms with Crippen molar-refractivity contribution in [1.29, 1.82) is 0 Å². The predicted octanol–water partition coefficient (Wildman–Crippen LogP) is -0.969. The summed E-state index contributed by atoms with van der Waals surface area (Å²) in [5.74, 6) is -0.823. The van der Waals surface area contributed by atoms with Crippen LogP contribution in [-0.2, 0) is 11.3 Å². The second-order valence-electron chi connectivity index (χ2n) is 5.47. The van der Waals surface area contributed by atoms with Crippen LogP contribution in [0.3, 0.4) is 0 Å². The number of amides is 1. The monoisotopic (exact) mass is 424 g/mol. The molecule has 1 aromatic heterocycles. The first-order chi connectivity index (χ1) is 11.9. The van der Waals surface area contributed by atoms with Crippen molar-refractivity contribution in [3.8, 4) is 11.5 Å². The quantitative estimate of drug-likeness (QED) is 0.558. The van der Waals surface area contributed by atoms with E-state index in [9.17, 15) is 14.7 Å². The molecule has 140 valence electrons. The molecule has 0 radical (unpaired) electrons. The minimum atomic E-state index is -1.16. The van der Waals surface area contributed by atoms with E-state index >= 15 is 0 Å². The summed E-state index contributed by atoms with van der Waals surface area (Å²) in [5.41, 5.74) is 1.25.